The fourth-order valence-corrected chi connectivity index (χ4v) is 2.38. The molecule has 1 aliphatic rings. The Kier molecular flexibility index (Phi) is 4.60. The van der Waals surface area contributed by atoms with Crippen LogP contribution in [0.4, 0.5) is 5.69 Å². The van der Waals surface area contributed by atoms with Gasteiger partial charge in [-0.2, -0.15) is 0 Å². The zero-order valence-corrected chi connectivity index (χ0v) is 12.3. The summed E-state index contributed by atoms with van der Waals surface area (Å²) in [5.74, 6) is -0.251. The summed E-state index contributed by atoms with van der Waals surface area (Å²) in [7, 11) is 0. The van der Waals surface area contributed by atoms with Gasteiger partial charge in [0.1, 0.15) is 0 Å². The van der Waals surface area contributed by atoms with Crippen LogP contribution < -0.4 is 16.0 Å². The van der Waals surface area contributed by atoms with E-state index in [9.17, 15) is 4.79 Å². The van der Waals surface area contributed by atoms with Gasteiger partial charge in [0.2, 0.25) is 5.91 Å². The molecule has 2 rings (SSSR count). The SMILES string of the molecule is CC(C)(CNC1CCN(c2ccncc2)CC1)C(N)=O. The molecule has 0 spiro atoms. The summed E-state index contributed by atoms with van der Waals surface area (Å²) < 4.78 is 0. The summed E-state index contributed by atoms with van der Waals surface area (Å²) in [4.78, 5) is 17.7. The van der Waals surface area contributed by atoms with E-state index in [-0.39, 0.29) is 5.91 Å². The third-order valence-electron chi connectivity index (χ3n) is 4.02. The molecule has 1 aromatic heterocycles. The summed E-state index contributed by atoms with van der Waals surface area (Å²) in [5.41, 5.74) is 6.14. The van der Waals surface area contributed by atoms with Crippen molar-refractivity contribution in [2.75, 3.05) is 24.5 Å². The summed E-state index contributed by atoms with van der Waals surface area (Å²) in [5, 5.41) is 3.48. The number of primary amides is 1. The van der Waals surface area contributed by atoms with Crippen LogP contribution in [-0.4, -0.2) is 36.6 Å². The van der Waals surface area contributed by atoms with Gasteiger partial charge >= 0.3 is 0 Å². The molecule has 110 valence electrons. The number of piperidine rings is 1. The second-order valence-corrected chi connectivity index (χ2v) is 6.10. The number of anilines is 1. The van der Waals surface area contributed by atoms with Gasteiger partial charge in [-0.3, -0.25) is 9.78 Å². The lowest BCUT2D eigenvalue weighted by Crippen LogP contribution is -2.48. The molecule has 0 radical (unpaired) electrons. The highest BCUT2D eigenvalue weighted by molar-refractivity contribution is 5.80. The quantitative estimate of drug-likeness (QED) is 0.846. The van der Waals surface area contributed by atoms with Crippen LogP contribution in [0.15, 0.2) is 24.5 Å². The molecule has 0 saturated carbocycles. The van der Waals surface area contributed by atoms with Crippen molar-refractivity contribution < 1.29 is 4.79 Å². The second kappa shape index (κ2) is 6.22. The summed E-state index contributed by atoms with van der Waals surface area (Å²) in [6.07, 6.45) is 5.82. The number of rotatable bonds is 5. The van der Waals surface area contributed by atoms with Crippen LogP contribution in [0.5, 0.6) is 0 Å². The first-order valence-corrected chi connectivity index (χ1v) is 7.17. The van der Waals surface area contributed by atoms with E-state index >= 15 is 0 Å². The zero-order chi connectivity index (χ0) is 14.6. The number of nitrogens with zero attached hydrogens (tertiary/aromatic N) is 2. The molecule has 0 unspecified atom stereocenters. The maximum absolute atomic E-state index is 11.3. The van der Waals surface area contributed by atoms with Crippen LogP contribution in [0.2, 0.25) is 0 Å². The molecule has 5 heteroatoms. The summed E-state index contributed by atoms with van der Waals surface area (Å²) in [6, 6.07) is 4.56. The van der Waals surface area contributed by atoms with E-state index in [1.54, 1.807) is 0 Å². The minimum absolute atomic E-state index is 0.251. The average Bonchev–Trinajstić information content (AvgIpc) is 2.46. The number of nitrogens with one attached hydrogen (secondary N) is 1. The molecule has 5 nitrogen and oxygen atoms in total. The minimum Gasteiger partial charge on any atom is -0.371 e. The molecule has 0 aliphatic carbocycles. The van der Waals surface area contributed by atoms with Crippen LogP contribution in [0.3, 0.4) is 0 Å². The highest BCUT2D eigenvalue weighted by Gasteiger charge is 2.27. The molecule has 3 N–H and O–H groups in total. The predicted octanol–water partition coefficient (Wildman–Crippen LogP) is 1.15. The standard InChI is InChI=1S/C15H24N4O/c1-15(2,14(16)20)11-18-12-5-9-19(10-6-12)13-3-7-17-8-4-13/h3-4,7-8,12,18H,5-6,9-11H2,1-2H3,(H2,16,20). The Balaban J connectivity index is 1.79. The predicted molar refractivity (Wildman–Crippen MR) is 80.5 cm³/mol. The van der Waals surface area contributed by atoms with Crippen molar-refractivity contribution in [3.63, 3.8) is 0 Å². The molecule has 0 aromatic carbocycles. The molecule has 1 fully saturated rings. The lowest BCUT2D eigenvalue weighted by atomic mass is 9.91. The molecule has 0 atom stereocenters. The minimum atomic E-state index is -0.484. The van der Waals surface area contributed by atoms with Gasteiger partial charge in [-0.1, -0.05) is 0 Å². The molecule has 1 aromatic rings. The van der Waals surface area contributed by atoms with Gasteiger partial charge in [0, 0.05) is 43.8 Å². The monoisotopic (exact) mass is 276 g/mol. The van der Waals surface area contributed by atoms with Crippen molar-refractivity contribution in [2.45, 2.75) is 32.7 Å². The zero-order valence-electron chi connectivity index (χ0n) is 12.3. The van der Waals surface area contributed by atoms with Gasteiger partial charge in [-0.05, 0) is 38.8 Å². The maximum Gasteiger partial charge on any atom is 0.224 e. The number of hydrogen-bond donors (Lipinski definition) is 2. The van der Waals surface area contributed by atoms with Gasteiger partial charge in [-0.25, -0.2) is 0 Å². The Morgan fingerprint density at radius 3 is 2.55 bits per heavy atom. The van der Waals surface area contributed by atoms with Gasteiger partial charge in [0.05, 0.1) is 5.41 Å². The first-order chi connectivity index (χ1) is 9.49. The van der Waals surface area contributed by atoms with E-state index in [2.05, 4.69) is 15.2 Å². The molecular weight excluding hydrogens is 252 g/mol. The Morgan fingerprint density at radius 1 is 1.40 bits per heavy atom. The molecular formula is C15H24N4O. The van der Waals surface area contributed by atoms with Crippen LogP contribution in [0, 0.1) is 5.41 Å². The molecule has 1 saturated heterocycles. The fraction of sp³-hybridized carbons (Fsp3) is 0.600. The van der Waals surface area contributed by atoms with Crippen molar-refractivity contribution in [1.29, 1.82) is 0 Å². The van der Waals surface area contributed by atoms with Crippen LogP contribution in [-0.2, 0) is 4.79 Å². The number of nitrogens with two attached hydrogens (primary N) is 1. The van der Waals surface area contributed by atoms with Gasteiger partial charge in [0.15, 0.2) is 0 Å². The van der Waals surface area contributed by atoms with E-state index < -0.39 is 5.41 Å². The molecule has 0 bridgehead atoms. The number of hydrogen-bond acceptors (Lipinski definition) is 4. The smallest absolute Gasteiger partial charge is 0.224 e. The molecule has 1 amide bonds. The van der Waals surface area contributed by atoms with Crippen LogP contribution in [0.25, 0.3) is 0 Å². The normalized spacial score (nSPS) is 17.2. The number of carbonyl (C=O) groups excluding carboxylic acids is 1. The first kappa shape index (κ1) is 14.8. The maximum atomic E-state index is 11.3. The lowest BCUT2D eigenvalue weighted by molar-refractivity contribution is -0.125. The highest BCUT2D eigenvalue weighted by atomic mass is 16.1. The molecule has 2 heterocycles. The third-order valence-corrected chi connectivity index (χ3v) is 4.02. The van der Waals surface area contributed by atoms with E-state index in [1.165, 1.54) is 5.69 Å². The Hall–Kier alpha value is -1.62. The topological polar surface area (TPSA) is 71.2 Å². The molecule has 20 heavy (non-hydrogen) atoms. The Bertz CT molecular complexity index is 438. The highest BCUT2D eigenvalue weighted by Crippen LogP contribution is 2.20. The largest absolute Gasteiger partial charge is 0.371 e. The molecule has 1 aliphatic heterocycles. The fourth-order valence-electron chi connectivity index (χ4n) is 2.38. The van der Waals surface area contributed by atoms with E-state index in [1.807, 2.05) is 38.4 Å². The van der Waals surface area contributed by atoms with Crippen LogP contribution in [0.1, 0.15) is 26.7 Å². The number of pyridine rings is 1. The Labute approximate surface area is 120 Å². The third kappa shape index (κ3) is 3.70. The van der Waals surface area contributed by atoms with E-state index in [0.717, 1.165) is 25.9 Å². The number of carbonyl (C=O) groups is 1. The average molecular weight is 276 g/mol. The van der Waals surface area contributed by atoms with Gasteiger partial charge < -0.3 is 16.0 Å². The summed E-state index contributed by atoms with van der Waals surface area (Å²) in [6.45, 7) is 6.46. The van der Waals surface area contributed by atoms with Crippen LogP contribution >= 0.6 is 0 Å². The first-order valence-electron chi connectivity index (χ1n) is 7.17. The number of aromatic nitrogens is 1. The summed E-state index contributed by atoms with van der Waals surface area (Å²) >= 11 is 0. The number of amides is 1. The van der Waals surface area contributed by atoms with Gasteiger partial charge in [0.25, 0.3) is 0 Å². The van der Waals surface area contributed by atoms with E-state index in [0.29, 0.717) is 12.6 Å². The van der Waals surface area contributed by atoms with Crippen molar-refractivity contribution in [1.82, 2.24) is 10.3 Å². The van der Waals surface area contributed by atoms with Crippen molar-refractivity contribution in [3.8, 4) is 0 Å². The second-order valence-electron chi connectivity index (χ2n) is 6.10. The Morgan fingerprint density at radius 2 is 2.00 bits per heavy atom. The van der Waals surface area contributed by atoms with Crippen molar-refractivity contribution in [2.24, 2.45) is 11.1 Å². The van der Waals surface area contributed by atoms with Crippen molar-refractivity contribution >= 4 is 11.6 Å². The van der Waals surface area contributed by atoms with E-state index in [4.69, 9.17) is 5.73 Å². The van der Waals surface area contributed by atoms with Crippen molar-refractivity contribution in [3.05, 3.63) is 24.5 Å². The lowest BCUT2D eigenvalue weighted by Gasteiger charge is -2.35. The van der Waals surface area contributed by atoms with Gasteiger partial charge in [-0.15, -0.1) is 0 Å².